The third kappa shape index (κ3) is 2.39. The quantitative estimate of drug-likeness (QED) is 0.907. The van der Waals surface area contributed by atoms with Crippen LogP contribution in [0.15, 0.2) is 36.4 Å². The number of anilines is 1. The highest BCUT2D eigenvalue weighted by molar-refractivity contribution is 6.32. The molecule has 2 aromatic rings. The Morgan fingerprint density at radius 1 is 1.35 bits per heavy atom. The molecule has 1 heterocycles. The van der Waals surface area contributed by atoms with Crippen molar-refractivity contribution in [2.45, 2.75) is 6.10 Å². The summed E-state index contributed by atoms with van der Waals surface area (Å²) in [4.78, 5) is 0. The zero-order valence-electron chi connectivity index (χ0n) is 10.8. The summed E-state index contributed by atoms with van der Waals surface area (Å²) in [6.45, 7) is 0.542. The standard InChI is InChI=1S/C15H13ClFNO2/c1-19-11-4-2-3-9(5-11)14-8-18-13-7-10(17)6-12(16)15(13)20-14/h2-7,14,18H,8H2,1H3. The fraction of sp³-hybridized carbons (Fsp3) is 0.200. The second kappa shape index (κ2) is 5.21. The molecule has 2 aromatic carbocycles. The van der Waals surface area contributed by atoms with Crippen LogP contribution in [0.2, 0.25) is 5.02 Å². The van der Waals surface area contributed by atoms with E-state index in [2.05, 4.69) is 5.32 Å². The van der Waals surface area contributed by atoms with Gasteiger partial charge in [0, 0.05) is 6.07 Å². The first-order chi connectivity index (χ1) is 9.67. The predicted octanol–water partition coefficient (Wildman–Crippen LogP) is 4.03. The number of ether oxygens (including phenoxy) is 2. The van der Waals surface area contributed by atoms with Gasteiger partial charge in [-0.15, -0.1) is 0 Å². The van der Waals surface area contributed by atoms with Crippen LogP contribution >= 0.6 is 11.6 Å². The van der Waals surface area contributed by atoms with Crippen molar-refractivity contribution in [1.82, 2.24) is 0 Å². The van der Waals surface area contributed by atoms with E-state index in [4.69, 9.17) is 21.1 Å². The average molecular weight is 294 g/mol. The van der Waals surface area contributed by atoms with Gasteiger partial charge in [-0.2, -0.15) is 0 Å². The van der Waals surface area contributed by atoms with Gasteiger partial charge in [0.15, 0.2) is 5.75 Å². The van der Waals surface area contributed by atoms with E-state index in [0.29, 0.717) is 18.0 Å². The van der Waals surface area contributed by atoms with Crippen LogP contribution in [-0.2, 0) is 0 Å². The Kier molecular flexibility index (Phi) is 3.40. The number of fused-ring (bicyclic) bond motifs is 1. The van der Waals surface area contributed by atoms with Crippen LogP contribution < -0.4 is 14.8 Å². The van der Waals surface area contributed by atoms with E-state index in [1.807, 2.05) is 24.3 Å². The number of hydrogen-bond acceptors (Lipinski definition) is 3. The highest BCUT2D eigenvalue weighted by Crippen LogP contribution is 2.40. The van der Waals surface area contributed by atoms with Crippen molar-refractivity contribution >= 4 is 17.3 Å². The molecule has 0 aromatic heterocycles. The van der Waals surface area contributed by atoms with Crippen LogP contribution in [0.1, 0.15) is 11.7 Å². The number of halogens is 2. The summed E-state index contributed by atoms with van der Waals surface area (Å²) in [5.74, 6) is 0.860. The maximum atomic E-state index is 13.3. The Morgan fingerprint density at radius 2 is 2.20 bits per heavy atom. The van der Waals surface area contributed by atoms with Crippen molar-refractivity contribution in [2.75, 3.05) is 19.0 Å². The van der Waals surface area contributed by atoms with Gasteiger partial charge in [-0.3, -0.25) is 0 Å². The van der Waals surface area contributed by atoms with Crippen molar-refractivity contribution < 1.29 is 13.9 Å². The van der Waals surface area contributed by atoms with Gasteiger partial charge >= 0.3 is 0 Å². The lowest BCUT2D eigenvalue weighted by Gasteiger charge is -2.28. The summed E-state index contributed by atoms with van der Waals surface area (Å²) in [6, 6.07) is 10.3. The molecule has 3 rings (SSSR count). The number of nitrogens with one attached hydrogen (secondary N) is 1. The van der Waals surface area contributed by atoms with Crippen molar-refractivity contribution in [1.29, 1.82) is 0 Å². The maximum absolute atomic E-state index is 13.3. The molecular weight excluding hydrogens is 281 g/mol. The van der Waals surface area contributed by atoms with Crippen LogP contribution in [0.4, 0.5) is 10.1 Å². The van der Waals surface area contributed by atoms with Gasteiger partial charge in [0.1, 0.15) is 17.7 Å². The van der Waals surface area contributed by atoms with Crippen LogP contribution in [0.25, 0.3) is 0 Å². The Bertz CT molecular complexity index is 648. The fourth-order valence-corrected chi connectivity index (χ4v) is 2.48. The second-order valence-corrected chi connectivity index (χ2v) is 4.94. The van der Waals surface area contributed by atoms with Crippen LogP contribution in [0.3, 0.4) is 0 Å². The normalized spacial score (nSPS) is 16.9. The SMILES string of the molecule is COc1cccc(C2CNc3cc(F)cc(Cl)c3O2)c1. The molecule has 1 aliphatic rings. The first kappa shape index (κ1) is 13.1. The van der Waals surface area contributed by atoms with Gasteiger partial charge in [-0.25, -0.2) is 4.39 Å². The van der Waals surface area contributed by atoms with Crippen LogP contribution in [0.5, 0.6) is 11.5 Å². The molecule has 104 valence electrons. The van der Waals surface area contributed by atoms with E-state index in [-0.39, 0.29) is 16.9 Å². The molecule has 0 radical (unpaired) electrons. The van der Waals surface area contributed by atoms with E-state index in [0.717, 1.165) is 11.3 Å². The fourth-order valence-electron chi connectivity index (χ4n) is 2.23. The molecule has 0 bridgehead atoms. The summed E-state index contributed by atoms with van der Waals surface area (Å²) in [7, 11) is 1.62. The van der Waals surface area contributed by atoms with Gasteiger partial charge < -0.3 is 14.8 Å². The lowest BCUT2D eigenvalue weighted by atomic mass is 10.1. The molecule has 1 aliphatic heterocycles. The minimum absolute atomic E-state index is 0.194. The zero-order chi connectivity index (χ0) is 14.1. The Balaban J connectivity index is 1.91. The van der Waals surface area contributed by atoms with E-state index >= 15 is 0 Å². The first-order valence-electron chi connectivity index (χ1n) is 6.21. The number of methoxy groups -OCH3 is 1. The molecule has 20 heavy (non-hydrogen) atoms. The Morgan fingerprint density at radius 3 is 3.00 bits per heavy atom. The molecule has 0 spiro atoms. The first-order valence-corrected chi connectivity index (χ1v) is 6.58. The van der Waals surface area contributed by atoms with Gasteiger partial charge in [-0.1, -0.05) is 23.7 Å². The Labute approximate surface area is 121 Å². The van der Waals surface area contributed by atoms with E-state index in [9.17, 15) is 4.39 Å². The zero-order valence-corrected chi connectivity index (χ0v) is 11.6. The lowest BCUT2D eigenvalue weighted by molar-refractivity contribution is 0.210. The summed E-state index contributed by atoms with van der Waals surface area (Å²) in [5.41, 5.74) is 1.55. The highest BCUT2D eigenvalue weighted by Gasteiger charge is 2.24. The summed E-state index contributed by atoms with van der Waals surface area (Å²) in [5, 5.41) is 3.40. The molecule has 0 saturated carbocycles. The molecule has 0 amide bonds. The minimum Gasteiger partial charge on any atom is -0.497 e. The largest absolute Gasteiger partial charge is 0.497 e. The molecule has 1 atom stereocenters. The minimum atomic E-state index is -0.385. The molecular formula is C15H13ClFNO2. The second-order valence-electron chi connectivity index (χ2n) is 4.53. The molecule has 1 N–H and O–H groups in total. The van der Waals surface area contributed by atoms with Crippen molar-refractivity contribution in [3.63, 3.8) is 0 Å². The molecule has 0 aliphatic carbocycles. The van der Waals surface area contributed by atoms with Gasteiger partial charge in [0.25, 0.3) is 0 Å². The Hall–Kier alpha value is -1.94. The molecule has 3 nitrogen and oxygen atoms in total. The topological polar surface area (TPSA) is 30.5 Å². The molecule has 5 heteroatoms. The third-order valence-electron chi connectivity index (χ3n) is 3.21. The maximum Gasteiger partial charge on any atom is 0.162 e. The average Bonchev–Trinajstić information content (AvgIpc) is 2.47. The highest BCUT2D eigenvalue weighted by atomic mass is 35.5. The van der Waals surface area contributed by atoms with Crippen LogP contribution in [-0.4, -0.2) is 13.7 Å². The third-order valence-corrected chi connectivity index (χ3v) is 3.49. The summed E-state index contributed by atoms with van der Waals surface area (Å²) < 4.78 is 24.4. The van der Waals surface area contributed by atoms with Gasteiger partial charge in [-0.05, 0) is 23.8 Å². The van der Waals surface area contributed by atoms with Crippen LogP contribution in [0, 0.1) is 5.82 Å². The lowest BCUT2D eigenvalue weighted by Crippen LogP contribution is -2.24. The van der Waals surface area contributed by atoms with E-state index < -0.39 is 0 Å². The van der Waals surface area contributed by atoms with E-state index in [1.165, 1.54) is 12.1 Å². The number of benzene rings is 2. The van der Waals surface area contributed by atoms with Crippen molar-refractivity contribution in [3.05, 3.63) is 52.8 Å². The number of rotatable bonds is 2. The molecule has 0 saturated heterocycles. The molecule has 1 unspecified atom stereocenters. The monoisotopic (exact) mass is 293 g/mol. The molecule has 0 fully saturated rings. The summed E-state index contributed by atoms with van der Waals surface area (Å²) in [6.07, 6.45) is -0.194. The van der Waals surface area contributed by atoms with Crippen molar-refractivity contribution in [2.24, 2.45) is 0 Å². The summed E-state index contributed by atoms with van der Waals surface area (Å²) >= 11 is 6.03. The van der Waals surface area contributed by atoms with Crippen molar-refractivity contribution in [3.8, 4) is 11.5 Å². The van der Waals surface area contributed by atoms with Gasteiger partial charge in [0.2, 0.25) is 0 Å². The predicted molar refractivity (Wildman–Crippen MR) is 76.3 cm³/mol. The smallest absolute Gasteiger partial charge is 0.162 e. The van der Waals surface area contributed by atoms with Gasteiger partial charge in [0.05, 0.1) is 24.4 Å². The number of hydrogen-bond donors (Lipinski definition) is 1. The van der Waals surface area contributed by atoms with E-state index in [1.54, 1.807) is 7.11 Å².